The van der Waals surface area contributed by atoms with E-state index >= 15 is 0 Å². The highest BCUT2D eigenvalue weighted by Crippen LogP contribution is 2.16. The van der Waals surface area contributed by atoms with Crippen molar-refractivity contribution in [2.45, 2.75) is 26.5 Å². The van der Waals surface area contributed by atoms with Gasteiger partial charge in [0.1, 0.15) is 23.5 Å². The molecule has 2 aromatic rings. The van der Waals surface area contributed by atoms with Gasteiger partial charge in [0.25, 0.3) is 0 Å². The van der Waals surface area contributed by atoms with Crippen LogP contribution >= 0.6 is 11.3 Å². The van der Waals surface area contributed by atoms with Crippen LogP contribution in [0.25, 0.3) is 0 Å². The van der Waals surface area contributed by atoms with Crippen molar-refractivity contribution in [3.8, 4) is 5.75 Å². The van der Waals surface area contributed by atoms with E-state index in [0.29, 0.717) is 13.2 Å². The van der Waals surface area contributed by atoms with Gasteiger partial charge in [0.05, 0.1) is 6.54 Å². The average molecular weight is 306 g/mol. The van der Waals surface area contributed by atoms with Gasteiger partial charge in [-0.05, 0) is 32.5 Å². The molecule has 21 heavy (non-hydrogen) atoms. The lowest BCUT2D eigenvalue weighted by molar-refractivity contribution is 0.0741. The maximum atomic E-state index is 10.1. The molecule has 0 spiro atoms. The Hall–Kier alpha value is -1.43. The summed E-state index contributed by atoms with van der Waals surface area (Å²) in [6.07, 6.45) is -0.518. The molecule has 4 nitrogen and oxygen atoms in total. The Morgan fingerprint density at radius 3 is 2.76 bits per heavy atom. The number of aliphatic hydroxyl groups excluding tert-OH is 1. The summed E-state index contributed by atoms with van der Waals surface area (Å²) in [4.78, 5) is 6.49. The molecule has 0 radical (unpaired) electrons. The highest BCUT2D eigenvalue weighted by molar-refractivity contribution is 7.09. The molecule has 0 aliphatic rings. The van der Waals surface area contributed by atoms with Gasteiger partial charge in [0, 0.05) is 17.6 Å². The van der Waals surface area contributed by atoms with Crippen LogP contribution < -0.4 is 4.74 Å². The van der Waals surface area contributed by atoms with Crippen LogP contribution in [0.1, 0.15) is 16.3 Å². The molecule has 0 amide bonds. The van der Waals surface area contributed by atoms with Crippen LogP contribution in [0.2, 0.25) is 0 Å². The third-order valence-electron chi connectivity index (χ3n) is 3.12. The predicted molar refractivity (Wildman–Crippen MR) is 85.9 cm³/mol. The summed E-state index contributed by atoms with van der Waals surface area (Å²) in [5, 5.41) is 13.2. The van der Waals surface area contributed by atoms with Gasteiger partial charge in [0.15, 0.2) is 0 Å². The lowest BCUT2D eigenvalue weighted by Gasteiger charge is -2.20. The Morgan fingerprint density at radius 2 is 2.10 bits per heavy atom. The van der Waals surface area contributed by atoms with Crippen LogP contribution in [0.3, 0.4) is 0 Å². The zero-order valence-electron chi connectivity index (χ0n) is 12.7. The maximum absolute atomic E-state index is 10.1. The lowest BCUT2D eigenvalue weighted by atomic mass is 10.2. The number of para-hydroxylation sites is 1. The summed E-state index contributed by atoms with van der Waals surface area (Å²) in [6, 6.07) is 7.83. The van der Waals surface area contributed by atoms with Gasteiger partial charge in [0.2, 0.25) is 0 Å². The number of aryl methyl sites for hydroxylation is 2. The summed E-state index contributed by atoms with van der Waals surface area (Å²) in [6.45, 7) is 5.60. The number of hydrogen-bond donors (Lipinski definition) is 1. The highest BCUT2D eigenvalue weighted by Gasteiger charge is 2.11. The van der Waals surface area contributed by atoms with E-state index in [1.807, 2.05) is 50.5 Å². The van der Waals surface area contributed by atoms with Crippen LogP contribution in [0, 0.1) is 13.8 Å². The van der Waals surface area contributed by atoms with E-state index < -0.39 is 6.10 Å². The van der Waals surface area contributed by atoms with Gasteiger partial charge in [-0.3, -0.25) is 4.90 Å². The fourth-order valence-corrected chi connectivity index (χ4v) is 2.94. The van der Waals surface area contributed by atoms with Crippen LogP contribution in [0.4, 0.5) is 0 Å². The quantitative estimate of drug-likeness (QED) is 0.854. The zero-order chi connectivity index (χ0) is 15.2. The van der Waals surface area contributed by atoms with Gasteiger partial charge in [-0.15, -0.1) is 11.3 Å². The minimum Gasteiger partial charge on any atom is -0.491 e. The molecule has 1 unspecified atom stereocenters. The minimum absolute atomic E-state index is 0.298. The summed E-state index contributed by atoms with van der Waals surface area (Å²) in [7, 11) is 1.98. The fourth-order valence-electron chi connectivity index (χ4n) is 2.09. The predicted octanol–water partition coefficient (Wildman–Crippen LogP) is 2.63. The Bertz CT molecular complexity index is 571. The van der Waals surface area contributed by atoms with Gasteiger partial charge in [-0.2, -0.15) is 0 Å². The number of aliphatic hydroxyl groups is 1. The monoisotopic (exact) mass is 306 g/mol. The smallest absolute Gasteiger partial charge is 0.122 e. The first-order valence-corrected chi connectivity index (χ1v) is 7.88. The fraction of sp³-hybridized carbons (Fsp3) is 0.438. The van der Waals surface area contributed by atoms with E-state index in [2.05, 4.69) is 9.88 Å². The normalized spacial score (nSPS) is 12.6. The molecule has 0 aliphatic carbocycles. The second kappa shape index (κ2) is 7.54. The second-order valence-electron chi connectivity index (χ2n) is 5.31. The third-order valence-corrected chi connectivity index (χ3v) is 4.07. The topological polar surface area (TPSA) is 45.6 Å². The molecule has 2 rings (SSSR count). The molecule has 1 atom stereocenters. The summed E-state index contributed by atoms with van der Waals surface area (Å²) >= 11 is 1.65. The maximum Gasteiger partial charge on any atom is 0.122 e. The molecule has 0 aliphatic heterocycles. The van der Waals surface area contributed by atoms with Crippen LogP contribution in [-0.2, 0) is 6.54 Å². The number of thiazole rings is 1. The highest BCUT2D eigenvalue weighted by atomic mass is 32.1. The van der Waals surface area contributed by atoms with Crippen molar-refractivity contribution in [1.29, 1.82) is 0 Å². The number of aromatic nitrogens is 1. The molecule has 0 fully saturated rings. The molecule has 0 saturated carbocycles. The first-order chi connectivity index (χ1) is 10.0. The molecule has 1 heterocycles. The van der Waals surface area contributed by atoms with Crippen LogP contribution in [-0.4, -0.2) is 41.3 Å². The zero-order valence-corrected chi connectivity index (χ0v) is 13.6. The van der Waals surface area contributed by atoms with Crippen LogP contribution in [0.15, 0.2) is 29.6 Å². The largest absolute Gasteiger partial charge is 0.491 e. The molecule has 1 aromatic carbocycles. The minimum atomic E-state index is -0.518. The van der Waals surface area contributed by atoms with Gasteiger partial charge >= 0.3 is 0 Å². The Kier molecular flexibility index (Phi) is 5.73. The van der Waals surface area contributed by atoms with Crippen molar-refractivity contribution in [2.24, 2.45) is 0 Å². The number of likely N-dealkylation sites (N-methyl/N-ethyl adjacent to an activating group) is 1. The standard InChI is InChI=1S/C16H22N2O2S/c1-12-6-4-5-7-15(12)20-10-14(19)8-18(3)9-16-17-13(2)11-21-16/h4-7,11,14,19H,8-10H2,1-3H3. The first-order valence-electron chi connectivity index (χ1n) is 7.00. The van der Waals surface area contributed by atoms with E-state index in [0.717, 1.165) is 28.6 Å². The Balaban J connectivity index is 1.76. The van der Waals surface area contributed by atoms with Crippen molar-refractivity contribution in [2.75, 3.05) is 20.2 Å². The van der Waals surface area contributed by atoms with E-state index in [1.165, 1.54) is 0 Å². The summed E-state index contributed by atoms with van der Waals surface area (Å²) < 4.78 is 5.66. The Morgan fingerprint density at radius 1 is 1.33 bits per heavy atom. The molecular weight excluding hydrogens is 284 g/mol. The van der Waals surface area contributed by atoms with E-state index in [4.69, 9.17) is 4.74 Å². The lowest BCUT2D eigenvalue weighted by Crippen LogP contribution is -2.32. The van der Waals surface area contributed by atoms with Crippen molar-refractivity contribution in [3.05, 3.63) is 45.9 Å². The van der Waals surface area contributed by atoms with Crippen molar-refractivity contribution < 1.29 is 9.84 Å². The molecular formula is C16H22N2O2S. The molecule has 5 heteroatoms. The van der Waals surface area contributed by atoms with Crippen LogP contribution in [0.5, 0.6) is 5.75 Å². The molecule has 114 valence electrons. The Labute approximate surface area is 130 Å². The number of rotatable bonds is 7. The molecule has 1 N–H and O–H groups in total. The van der Waals surface area contributed by atoms with Crippen molar-refractivity contribution >= 4 is 11.3 Å². The van der Waals surface area contributed by atoms with Gasteiger partial charge in [-0.1, -0.05) is 18.2 Å². The SMILES string of the molecule is Cc1csc(CN(C)CC(O)COc2ccccc2C)n1. The van der Waals surface area contributed by atoms with Crippen molar-refractivity contribution in [1.82, 2.24) is 9.88 Å². The number of hydrogen-bond acceptors (Lipinski definition) is 5. The van der Waals surface area contributed by atoms with Crippen molar-refractivity contribution in [3.63, 3.8) is 0 Å². The van der Waals surface area contributed by atoms with E-state index in [-0.39, 0.29) is 0 Å². The molecule has 1 aromatic heterocycles. The number of benzene rings is 1. The average Bonchev–Trinajstić information content (AvgIpc) is 2.83. The van der Waals surface area contributed by atoms with E-state index in [1.54, 1.807) is 11.3 Å². The second-order valence-corrected chi connectivity index (χ2v) is 6.25. The first kappa shape index (κ1) is 15.9. The number of ether oxygens (including phenoxy) is 1. The molecule has 0 saturated heterocycles. The number of nitrogens with zero attached hydrogens (tertiary/aromatic N) is 2. The van der Waals surface area contributed by atoms with Gasteiger partial charge < -0.3 is 9.84 Å². The van der Waals surface area contributed by atoms with E-state index in [9.17, 15) is 5.11 Å². The van der Waals surface area contributed by atoms with Gasteiger partial charge in [-0.25, -0.2) is 4.98 Å². The summed E-state index contributed by atoms with van der Waals surface area (Å²) in [5.74, 6) is 0.828. The summed E-state index contributed by atoms with van der Waals surface area (Å²) in [5.41, 5.74) is 2.13. The molecule has 0 bridgehead atoms. The third kappa shape index (κ3) is 5.12.